The highest BCUT2D eigenvalue weighted by Gasteiger charge is 2.26. The van der Waals surface area contributed by atoms with Crippen LogP contribution < -0.4 is 0 Å². The Labute approximate surface area is 139 Å². The van der Waals surface area contributed by atoms with Crippen LogP contribution in [0.5, 0.6) is 0 Å². The smallest absolute Gasteiger partial charge is 0.273 e. The third kappa shape index (κ3) is 3.91. The number of aromatic amines is 1. The van der Waals surface area contributed by atoms with Gasteiger partial charge >= 0.3 is 0 Å². The summed E-state index contributed by atoms with van der Waals surface area (Å²) in [5, 5.41) is 6.84. The summed E-state index contributed by atoms with van der Waals surface area (Å²) in [5.41, 5.74) is 1.50. The number of amides is 1. The molecular formula is C17H19ClFN3O. The number of piperidine rings is 1. The molecular weight excluding hydrogens is 317 g/mol. The number of aryl methyl sites for hydroxylation is 1. The molecule has 1 atom stereocenters. The van der Waals surface area contributed by atoms with Gasteiger partial charge in [-0.3, -0.25) is 9.89 Å². The lowest BCUT2D eigenvalue weighted by atomic mass is 9.91. The van der Waals surface area contributed by atoms with E-state index in [2.05, 4.69) is 10.2 Å². The van der Waals surface area contributed by atoms with Gasteiger partial charge < -0.3 is 4.90 Å². The van der Waals surface area contributed by atoms with E-state index in [1.807, 2.05) is 17.0 Å². The highest BCUT2D eigenvalue weighted by Crippen LogP contribution is 2.24. The highest BCUT2D eigenvalue weighted by atomic mass is 35.5. The van der Waals surface area contributed by atoms with E-state index in [9.17, 15) is 9.18 Å². The molecule has 23 heavy (non-hydrogen) atoms. The molecule has 0 saturated carbocycles. The van der Waals surface area contributed by atoms with E-state index >= 15 is 0 Å². The van der Waals surface area contributed by atoms with Gasteiger partial charge in [-0.05, 0) is 49.3 Å². The van der Waals surface area contributed by atoms with Crippen LogP contribution in [0.15, 0.2) is 30.5 Å². The summed E-state index contributed by atoms with van der Waals surface area (Å²) in [7, 11) is 0. The number of benzene rings is 1. The summed E-state index contributed by atoms with van der Waals surface area (Å²) in [5.74, 6) is 0.165. The highest BCUT2D eigenvalue weighted by molar-refractivity contribution is 6.33. The molecule has 0 radical (unpaired) electrons. The maximum absolute atomic E-state index is 12.9. The van der Waals surface area contributed by atoms with Crippen LogP contribution >= 0.6 is 11.6 Å². The zero-order valence-electron chi connectivity index (χ0n) is 12.8. The van der Waals surface area contributed by atoms with Crippen molar-refractivity contribution >= 4 is 17.5 Å². The van der Waals surface area contributed by atoms with Crippen molar-refractivity contribution in [2.75, 3.05) is 13.1 Å². The normalized spacial score (nSPS) is 18.2. The van der Waals surface area contributed by atoms with Crippen LogP contribution in [0.2, 0.25) is 5.02 Å². The van der Waals surface area contributed by atoms with Gasteiger partial charge in [0.25, 0.3) is 5.91 Å². The molecule has 0 aliphatic carbocycles. The molecule has 2 aromatic rings. The summed E-state index contributed by atoms with van der Waals surface area (Å²) < 4.78 is 12.9. The van der Waals surface area contributed by atoms with E-state index in [-0.39, 0.29) is 11.7 Å². The topological polar surface area (TPSA) is 49.0 Å². The lowest BCUT2D eigenvalue weighted by Gasteiger charge is -2.32. The Hall–Kier alpha value is -1.88. The Morgan fingerprint density at radius 3 is 2.87 bits per heavy atom. The van der Waals surface area contributed by atoms with Gasteiger partial charge in [0, 0.05) is 13.1 Å². The van der Waals surface area contributed by atoms with Crippen LogP contribution in [-0.4, -0.2) is 34.1 Å². The molecule has 4 nitrogen and oxygen atoms in total. The third-order valence-corrected chi connectivity index (χ3v) is 4.65. The second kappa shape index (κ2) is 7.13. The summed E-state index contributed by atoms with van der Waals surface area (Å²) in [4.78, 5) is 14.3. The van der Waals surface area contributed by atoms with Gasteiger partial charge in [0.05, 0.1) is 11.2 Å². The molecule has 1 N–H and O–H groups in total. The number of hydrogen-bond acceptors (Lipinski definition) is 2. The second-order valence-corrected chi connectivity index (χ2v) is 6.42. The predicted octanol–water partition coefficient (Wildman–Crippen LogP) is 3.69. The van der Waals surface area contributed by atoms with E-state index < -0.39 is 0 Å². The molecule has 1 aliphatic heterocycles. The first-order chi connectivity index (χ1) is 11.1. The Morgan fingerprint density at radius 2 is 2.17 bits per heavy atom. The summed E-state index contributed by atoms with van der Waals surface area (Å²) in [6.07, 6.45) is 5.45. The molecule has 122 valence electrons. The number of hydrogen-bond donors (Lipinski definition) is 1. The minimum Gasteiger partial charge on any atom is -0.337 e. The Kier molecular flexibility index (Phi) is 4.96. The fraction of sp³-hybridized carbons (Fsp3) is 0.412. The first kappa shape index (κ1) is 16.0. The van der Waals surface area contributed by atoms with Crippen LogP contribution in [0.4, 0.5) is 4.39 Å². The zero-order chi connectivity index (χ0) is 16.2. The lowest BCUT2D eigenvalue weighted by Crippen LogP contribution is -2.40. The largest absolute Gasteiger partial charge is 0.337 e. The molecule has 0 unspecified atom stereocenters. The van der Waals surface area contributed by atoms with Crippen LogP contribution in [0.25, 0.3) is 0 Å². The van der Waals surface area contributed by atoms with Crippen molar-refractivity contribution in [3.63, 3.8) is 0 Å². The van der Waals surface area contributed by atoms with Crippen LogP contribution in [-0.2, 0) is 6.42 Å². The van der Waals surface area contributed by atoms with E-state index in [4.69, 9.17) is 11.6 Å². The molecule has 1 aliphatic rings. The number of carbonyl (C=O) groups is 1. The van der Waals surface area contributed by atoms with Crippen molar-refractivity contribution in [1.29, 1.82) is 0 Å². The number of nitrogens with zero attached hydrogens (tertiary/aromatic N) is 2. The first-order valence-corrected chi connectivity index (χ1v) is 8.24. The fourth-order valence-electron chi connectivity index (χ4n) is 3.09. The molecule has 1 aromatic carbocycles. The van der Waals surface area contributed by atoms with E-state index in [1.54, 1.807) is 0 Å². The van der Waals surface area contributed by atoms with Crippen LogP contribution in [0.1, 0.15) is 35.3 Å². The Balaban J connectivity index is 1.57. The standard InChI is InChI=1S/C17H19ClFN3O/c18-15-10-20-21-16(15)17(23)22-9-1-2-13(11-22)4-3-12-5-7-14(19)8-6-12/h5-8,10,13H,1-4,9,11H2,(H,20,21)/t13-/m1/s1. The quantitative estimate of drug-likeness (QED) is 0.926. The predicted molar refractivity (Wildman–Crippen MR) is 86.9 cm³/mol. The third-order valence-electron chi connectivity index (χ3n) is 4.37. The van der Waals surface area contributed by atoms with Crippen molar-refractivity contribution in [2.24, 2.45) is 5.92 Å². The van der Waals surface area contributed by atoms with Gasteiger partial charge in [0.2, 0.25) is 0 Å². The van der Waals surface area contributed by atoms with Gasteiger partial charge in [-0.25, -0.2) is 4.39 Å². The van der Waals surface area contributed by atoms with Crippen molar-refractivity contribution in [2.45, 2.75) is 25.7 Å². The molecule has 3 rings (SSSR count). The van der Waals surface area contributed by atoms with Crippen molar-refractivity contribution in [1.82, 2.24) is 15.1 Å². The molecule has 1 fully saturated rings. The van der Waals surface area contributed by atoms with Crippen LogP contribution in [0.3, 0.4) is 0 Å². The van der Waals surface area contributed by atoms with E-state index in [0.717, 1.165) is 44.3 Å². The Bertz CT molecular complexity index is 671. The number of aromatic nitrogens is 2. The minimum atomic E-state index is -0.209. The maximum atomic E-state index is 12.9. The molecule has 1 amide bonds. The molecule has 1 aromatic heterocycles. The summed E-state index contributed by atoms with van der Waals surface area (Å²) in [6.45, 7) is 1.48. The van der Waals surface area contributed by atoms with E-state index in [1.165, 1.54) is 18.3 Å². The lowest BCUT2D eigenvalue weighted by molar-refractivity contribution is 0.0662. The number of carbonyl (C=O) groups excluding carboxylic acids is 1. The molecule has 6 heteroatoms. The van der Waals surface area contributed by atoms with Gasteiger partial charge in [-0.1, -0.05) is 23.7 Å². The summed E-state index contributed by atoms with van der Waals surface area (Å²) in [6, 6.07) is 6.63. The number of halogens is 2. The second-order valence-electron chi connectivity index (χ2n) is 6.02. The molecule has 2 heterocycles. The maximum Gasteiger partial charge on any atom is 0.273 e. The van der Waals surface area contributed by atoms with E-state index in [0.29, 0.717) is 16.6 Å². The summed E-state index contributed by atoms with van der Waals surface area (Å²) >= 11 is 5.97. The van der Waals surface area contributed by atoms with Gasteiger partial charge in [0.15, 0.2) is 0 Å². The minimum absolute atomic E-state index is 0.0843. The van der Waals surface area contributed by atoms with Crippen molar-refractivity contribution in [3.8, 4) is 0 Å². The van der Waals surface area contributed by atoms with Gasteiger partial charge in [-0.15, -0.1) is 0 Å². The average Bonchev–Trinajstić information content (AvgIpc) is 3.00. The number of rotatable bonds is 4. The zero-order valence-corrected chi connectivity index (χ0v) is 13.5. The molecule has 1 saturated heterocycles. The van der Waals surface area contributed by atoms with Crippen molar-refractivity contribution < 1.29 is 9.18 Å². The van der Waals surface area contributed by atoms with Crippen molar-refractivity contribution in [3.05, 3.63) is 52.6 Å². The SMILES string of the molecule is O=C(c1[nH]ncc1Cl)N1CCC[C@H](CCc2ccc(F)cc2)C1. The van der Waals surface area contributed by atoms with Crippen LogP contribution in [0, 0.1) is 11.7 Å². The number of nitrogens with one attached hydrogen (secondary N) is 1. The van der Waals surface area contributed by atoms with Gasteiger partial charge in [-0.2, -0.15) is 5.10 Å². The Morgan fingerprint density at radius 1 is 1.39 bits per heavy atom. The first-order valence-electron chi connectivity index (χ1n) is 7.86. The number of likely N-dealkylation sites (tertiary alicyclic amines) is 1. The molecule has 0 spiro atoms. The number of H-pyrrole nitrogens is 1. The fourth-order valence-corrected chi connectivity index (χ4v) is 3.26. The van der Waals surface area contributed by atoms with Gasteiger partial charge in [0.1, 0.15) is 11.5 Å². The molecule has 0 bridgehead atoms. The average molecular weight is 336 g/mol. The monoisotopic (exact) mass is 335 g/mol.